The number of halogens is 3. The van der Waals surface area contributed by atoms with Gasteiger partial charge in [-0.25, -0.2) is 8.78 Å². The first-order valence-electron chi connectivity index (χ1n) is 18.4. The molecule has 0 unspecified atom stereocenters. The van der Waals surface area contributed by atoms with Gasteiger partial charge >= 0.3 is 0 Å². The van der Waals surface area contributed by atoms with E-state index in [9.17, 15) is 38.2 Å². The van der Waals surface area contributed by atoms with Crippen LogP contribution in [0.2, 0.25) is 0 Å². The molecule has 1 saturated heterocycles. The van der Waals surface area contributed by atoms with Gasteiger partial charge in [-0.2, -0.15) is 4.39 Å². The predicted octanol–water partition coefficient (Wildman–Crippen LogP) is 5.71. The fraction of sp³-hybridized carbons (Fsp3) is 0.385. The zero-order valence-electron chi connectivity index (χ0n) is 31.7. The van der Waals surface area contributed by atoms with E-state index < -0.39 is 57.2 Å². The first-order chi connectivity index (χ1) is 27.4. The highest BCUT2D eigenvalue weighted by atomic mass is 32.1. The number of carbonyl (C=O) groups excluding carboxylic acids is 2. The Morgan fingerprint density at radius 3 is 1.62 bits per heavy atom. The normalized spacial score (nSPS) is 17.0. The SMILES string of the molecule is COc1c(F)c(F)cc2c(=O)c3c(O)c(C(N)=O)sc3n(C3CC3)c12.COc1c(N2CC[C@@H](C(C)(C)N)C2)c(F)cc2c(=O)c3c(O)c(C(N)=O)sc3n(C3CC3)c12. The van der Waals surface area contributed by atoms with Gasteiger partial charge in [0.2, 0.25) is 16.7 Å². The second-order valence-corrected chi connectivity index (χ2v) is 17.5. The third kappa shape index (κ3) is 6.00. The number of hydrogen-bond donors (Lipinski definition) is 5. The minimum Gasteiger partial charge on any atom is -0.505 e. The number of carbonyl (C=O) groups is 2. The molecular formula is C39H39F3N6O8S2. The van der Waals surface area contributed by atoms with Crippen LogP contribution in [-0.2, 0) is 0 Å². The molecule has 9 rings (SSSR count). The highest BCUT2D eigenvalue weighted by Gasteiger charge is 2.38. The number of nitrogens with two attached hydrogens (primary N) is 3. The Bertz CT molecular complexity index is 2890. The smallest absolute Gasteiger partial charge is 0.262 e. The molecule has 2 amide bonds. The summed E-state index contributed by atoms with van der Waals surface area (Å²) >= 11 is 1.83. The highest BCUT2D eigenvalue weighted by molar-refractivity contribution is 7.21. The maximum Gasteiger partial charge on any atom is 0.262 e. The van der Waals surface area contributed by atoms with Gasteiger partial charge in [0.25, 0.3) is 11.8 Å². The van der Waals surface area contributed by atoms with E-state index in [-0.39, 0.29) is 71.1 Å². The number of aromatic hydroxyl groups is 2. The number of fused-ring (bicyclic) bond motifs is 4. The topological polar surface area (TPSA) is 218 Å². The second kappa shape index (κ2) is 13.8. The summed E-state index contributed by atoms with van der Waals surface area (Å²) in [7, 11) is 2.65. The van der Waals surface area contributed by atoms with Crippen LogP contribution in [0.3, 0.4) is 0 Å². The zero-order valence-corrected chi connectivity index (χ0v) is 33.3. The van der Waals surface area contributed by atoms with E-state index in [2.05, 4.69) is 0 Å². The van der Waals surface area contributed by atoms with E-state index in [0.29, 0.717) is 29.1 Å². The summed E-state index contributed by atoms with van der Waals surface area (Å²) in [6.45, 7) is 5.13. The molecule has 306 valence electrons. The maximum absolute atomic E-state index is 15.6. The van der Waals surface area contributed by atoms with Gasteiger partial charge in [-0.1, -0.05) is 0 Å². The van der Waals surface area contributed by atoms with Crippen molar-refractivity contribution in [3.8, 4) is 23.0 Å². The van der Waals surface area contributed by atoms with Crippen molar-refractivity contribution in [2.75, 3.05) is 32.2 Å². The monoisotopic (exact) mass is 840 g/mol. The molecule has 0 radical (unpaired) electrons. The number of ether oxygens (including phenoxy) is 2. The number of hydrogen-bond acceptors (Lipinski definition) is 12. The van der Waals surface area contributed by atoms with Gasteiger partial charge in [0.05, 0.1) is 36.0 Å². The third-order valence-corrected chi connectivity index (χ3v) is 13.5. The fourth-order valence-electron chi connectivity index (χ4n) is 8.01. The van der Waals surface area contributed by atoms with Crippen LogP contribution in [0.15, 0.2) is 21.7 Å². The molecule has 58 heavy (non-hydrogen) atoms. The number of benzene rings is 2. The molecule has 1 aliphatic heterocycles. The second-order valence-electron chi connectivity index (χ2n) is 15.5. The molecule has 3 fully saturated rings. The lowest BCUT2D eigenvalue weighted by Crippen LogP contribution is -2.42. The zero-order chi connectivity index (χ0) is 41.9. The Balaban J connectivity index is 0.000000168. The first-order valence-corrected chi connectivity index (χ1v) is 20.0. The van der Waals surface area contributed by atoms with Crippen molar-refractivity contribution in [1.29, 1.82) is 0 Å². The minimum absolute atomic E-state index is 0.00600. The van der Waals surface area contributed by atoms with Crippen molar-refractivity contribution in [2.24, 2.45) is 23.1 Å². The van der Waals surface area contributed by atoms with Crippen LogP contribution in [-0.4, -0.2) is 64.0 Å². The quantitative estimate of drug-likeness (QED) is 0.126. The summed E-state index contributed by atoms with van der Waals surface area (Å²) < 4.78 is 58.0. The van der Waals surface area contributed by atoms with Crippen LogP contribution < -0.4 is 42.4 Å². The Morgan fingerprint density at radius 2 is 1.22 bits per heavy atom. The lowest BCUT2D eigenvalue weighted by atomic mass is 9.88. The largest absolute Gasteiger partial charge is 0.505 e. The van der Waals surface area contributed by atoms with Crippen LogP contribution >= 0.6 is 22.7 Å². The number of aromatic nitrogens is 2. The summed E-state index contributed by atoms with van der Waals surface area (Å²) in [4.78, 5) is 52.0. The highest BCUT2D eigenvalue weighted by Crippen LogP contribution is 2.50. The van der Waals surface area contributed by atoms with E-state index >= 15 is 4.39 Å². The number of thiophene rings is 2. The van der Waals surface area contributed by atoms with Crippen LogP contribution in [0.5, 0.6) is 23.0 Å². The molecule has 6 aromatic rings. The minimum atomic E-state index is -1.23. The molecular weight excluding hydrogens is 802 g/mol. The number of anilines is 1. The van der Waals surface area contributed by atoms with Gasteiger partial charge in [0.1, 0.15) is 35.9 Å². The van der Waals surface area contributed by atoms with Crippen LogP contribution in [0.25, 0.3) is 42.2 Å². The number of pyridine rings is 2. The average Bonchev–Trinajstić information content (AvgIpc) is 4.07. The maximum atomic E-state index is 15.6. The van der Waals surface area contributed by atoms with Gasteiger partial charge in [-0.05, 0) is 64.0 Å². The molecule has 8 N–H and O–H groups in total. The Morgan fingerprint density at radius 1 is 0.776 bits per heavy atom. The van der Waals surface area contributed by atoms with Crippen LogP contribution in [0, 0.1) is 23.4 Å². The molecule has 2 aromatic carbocycles. The van der Waals surface area contributed by atoms with Crippen molar-refractivity contribution >= 4 is 82.4 Å². The number of nitrogens with zero attached hydrogens (tertiary/aromatic N) is 3. The molecule has 3 aliphatic rings. The van der Waals surface area contributed by atoms with Crippen molar-refractivity contribution in [2.45, 2.75) is 63.6 Å². The summed E-state index contributed by atoms with van der Waals surface area (Å²) in [6.07, 6.45) is 4.07. The van der Waals surface area contributed by atoms with Gasteiger partial charge < -0.3 is 50.9 Å². The van der Waals surface area contributed by atoms with Gasteiger partial charge in [-0.3, -0.25) is 19.2 Å². The standard InChI is InChI=1S/C23H27FN4O4S.C16H12F2N2O4S/c1-23(2,26)10-6-7-27(9-10)16-13(24)8-12-15(19(16)32-3)28(11-4-5-11)22-14(17(12)29)18(30)20(33-22)21(25)31;1-24-13-9(18)7(17)4-6-10(13)20(5-2-3-5)16-8(11(6)21)12(22)14(25-16)15(19)23/h8,10-11,30H,4-7,9,26H2,1-3H3,(H2,25,31);4-5,22H,2-3H2,1H3,(H2,19,23)/t10-;/m1./s1. The number of primary amides is 2. The number of rotatable bonds is 8. The van der Waals surface area contributed by atoms with Gasteiger partial charge in [0, 0.05) is 30.7 Å². The van der Waals surface area contributed by atoms with Crippen molar-refractivity contribution in [3.05, 3.63) is 59.8 Å². The molecule has 14 nitrogen and oxygen atoms in total. The van der Waals surface area contributed by atoms with Crippen LogP contribution in [0.1, 0.15) is 77.4 Å². The van der Waals surface area contributed by atoms with E-state index in [1.165, 1.54) is 20.3 Å². The first kappa shape index (κ1) is 39.3. The molecule has 19 heteroatoms. The Hall–Kier alpha value is -5.53. The van der Waals surface area contributed by atoms with E-state index in [1.807, 2.05) is 23.3 Å². The molecule has 5 heterocycles. The van der Waals surface area contributed by atoms with E-state index in [1.54, 1.807) is 4.57 Å². The lowest BCUT2D eigenvalue weighted by molar-refractivity contribution is 0.0993. The summed E-state index contributed by atoms with van der Waals surface area (Å²) in [5, 5.41) is 20.7. The molecule has 1 atom stereocenters. The molecule has 0 spiro atoms. The molecule has 4 aromatic heterocycles. The average molecular weight is 841 g/mol. The van der Waals surface area contributed by atoms with Gasteiger partial charge in [-0.15, -0.1) is 22.7 Å². The van der Waals surface area contributed by atoms with Crippen molar-refractivity contribution in [1.82, 2.24) is 9.13 Å². The third-order valence-electron chi connectivity index (χ3n) is 11.2. The van der Waals surface area contributed by atoms with E-state index in [0.717, 1.165) is 60.8 Å². The summed E-state index contributed by atoms with van der Waals surface area (Å²) in [6, 6.07) is 1.99. The number of amides is 2. The number of methoxy groups -OCH3 is 2. The van der Waals surface area contributed by atoms with Gasteiger partial charge in [0.15, 0.2) is 34.6 Å². The van der Waals surface area contributed by atoms with Crippen molar-refractivity contribution < 1.29 is 42.4 Å². The molecule has 2 aliphatic carbocycles. The summed E-state index contributed by atoms with van der Waals surface area (Å²) in [5.74, 6) is -5.59. The summed E-state index contributed by atoms with van der Waals surface area (Å²) in [5.41, 5.74) is 16.2. The predicted molar refractivity (Wildman–Crippen MR) is 216 cm³/mol. The molecule has 2 saturated carbocycles. The Kier molecular flexibility index (Phi) is 9.35. The molecule has 0 bridgehead atoms. The van der Waals surface area contributed by atoms with E-state index in [4.69, 9.17) is 26.7 Å². The van der Waals surface area contributed by atoms with Crippen molar-refractivity contribution in [3.63, 3.8) is 0 Å². The fourth-order valence-corrected chi connectivity index (χ4v) is 10.3. The van der Waals surface area contributed by atoms with Crippen LogP contribution in [0.4, 0.5) is 18.9 Å². The Labute approximate surface area is 334 Å². The lowest BCUT2D eigenvalue weighted by Gasteiger charge is -2.28.